The van der Waals surface area contributed by atoms with E-state index in [1.54, 1.807) is 0 Å². The van der Waals surface area contributed by atoms with E-state index in [-0.39, 0.29) is 0 Å². The molecule has 0 N–H and O–H groups in total. The van der Waals surface area contributed by atoms with Gasteiger partial charge in [0.1, 0.15) is 0 Å². The summed E-state index contributed by atoms with van der Waals surface area (Å²) in [5, 5.41) is 5.17. The number of fused-ring (bicyclic) bond motifs is 7. The molecule has 0 saturated heterocycles. The van der Waals surface area contributed by atoms with Crippen molar-refractivity contribution in [2.75, 3.05) is 0 Å². The number of aryl methyl sites for hydroxylation is 1. The molecule has 0 atom stereocenters. The molecule has 3 aromatic heterocycles. The molecule has 0 aliphatic rings. The third-order valence-corrected chi connectivity index (χ3v) is 9.66. The van der Waals surface area contributed by atoms with E-state index in [9.17, 15) is 0 Å². The summed E-state index contributed by atoms with van der Waals surface area (Å²) in [6.07, 6.45) is 0. The Kier molecular flexibility index (Phi) is 5.86. The first-order chi connectivity index (χ1) is 22.2. The van der Waals surface area contributed by atoms with E-state index in [4.69, 9.17) is 15.0 Å². The minimum Gasteiger partial charge on any atom is -0.309 e. The molecule has 6 aromatic carbocycles. The van der Waals surface area contributed by atoms with Crippen molar-refractivity contribution < 1.29 is 0 Å². The normalized spacial score (nSPS) is 11.7. The molecule has 5 heteroatoms. The Balaban J connectivity index is 1.29. The summed E-state index contributed by atoms with van der Waals surface area (Å²) >= 11 is 1.88. The van der Waals surface area contributed by atoms with Gasteiger partial charge in [0.2, 0.25) is 0 Å². The van der Waals surface area contributed by atoms with Gasteiger partial charge in [-0.1, -0.05) is 103 Å². The molecule has 0 saturated carbocycles. The topological polar surface area (TPSA) is 43.6 Å². The molecule has 9 rings (SSSR count). The van der Waals surface area contributed by atoms with E-state index < -0.39 is 0 Å². The zero-order chi connectivity index (χ0) is 29.9. The summed E-state index contributed by atoms with van der Waals surface area (Å²) < 4.78 is 5.03. The van der Waals surface area contributed by atoms with E-state index >= 15 is 0 Å². The summed E-state index contributed by atoms with van der Waals surface area (Å²) in [4.78, 5) is 14.9. The van der Waals surface area contributed by atoms with Crippen LogP contribution in [0.4, 0.5) is 0 Å². The molecule has 0 spiro atoms. The monoisotopic (exact) mass is 594 g/mol. The average molecular weight is 595 g/mol. The maximum Gasteiger partial charge on any atom is 0.164 e. The number of benzene rings is 6. The number of hydrogen-bond acceptors (Lipinski definition) is 4. The van der Waals surface area contributed by atoms with Crippen LogP contribution in [0.5, 0.6) is 0 Å². The van der Waals surface area contributed by atoms with E-state index in [0.717, 1.165) is 27.9 Å². The highest BCUT2D eigenvalue weighted by Gasteiger charge is 2.19. The minimum atomic E-state index is 0.653. The van der Waals surface area contributed by atoms with Crippen LogP contribution in [-0.2, 0) is 0 Å². The molecule has 0 radical (unpaired) electrons. The van der Waals surface area contributed by atoms with E-state index in [1.165, 1.54) is 42.0 Å². The summed E-state index contributed by atoms with van der Waals surface area (Å²) in [7, 11) is 0. The highest BCUT2D eigenvalue weighted by Crippen LogP contribution is 2.43. The zero-order valence-electron chi connectivity index (χ0n) is 24.5. The summed E-state index contributed by atoms with van der Waals surface area (Å²) in [5.74, 6) is 1.97. The maximum absolute atomic E-state index is 5.02. The highest BCUT2D eigenvalue weighted by molar-refractivity contribution is 7.26. The second-order valence-corrected chi connectivity index (χ2v) is 12.4. The van der Waals surface area contributed by atoms with Crippen molar-refractivity contribution >= 4 is 53.3 Å². The Morgan fingerprint density at radius 1 is 0.489 bits per heavy atom. The van der Waals surface area contributed by atoms with Gasteiger partial charge in [-0.15, -0.1) is 11.3 Å². The van der Waals surface area contributed by atoms with Gasteiger partial charge in [-0.2, -0.15) is 0 Å². The van der Waals surface area contributed by atoms with Gasteiger partial charge in [-0.3, -0.25) is 0 Å². The molecule has 3 heterocycles. The number of thiophene rings is 1. The van der Waals surface area contributed by atoms with Crippen LogP contribution >= 0.6 is 11.3 Å². The third kappa shape index (κ3) is 4.24. The average Bonchev–Trinajstić information content (AvgIpc) is 3.64. The predicted octanol–water partition coefficient (Wildman–Crippen LogP) is 10.6. The first-order valence-corrected chi connectivity index (χ1v) is 15.9. The number of aromatic nitrogens is 4. The fraction of sp³-hybridized carbons (Fsp3) is 0.0250. The van der Waals surface area contributed by atoms with Gasteiger partial charge < -0.3 is 4.57 Å². The second-order valence-electron chi connectivity index (χ2n) is 11.4. The van der Waals surface area contributed by atoms with Gasteiger partial charge in [0.05, 0.1) is 11.0 Å². The van der Waals surface area contributed by atoms with Crippen molar-refractivity contribution in [3.05, 3.63) is 145 Å². The fourth-order valence-corrected chi connectivity index (χ4v) is 7.73. The van der Waals surface area contributed by atoms with Crippen LogP contribution < -0.4 is 0 Å². The van der Waals surface area contributed by atoms with Crippen molar-refractivity contribution in [3.8, 4) is 39.9 Å². The Morgan fingerprint density at radius 2 is 1.09 bits per heavy atom. The number of nitrogens with zero attached hydrogens (tertiary/aromatic N) is 4. The van der Waals surface area contributed by atoms with Crippen LogP contribution in [0.3, 0.4) is 0 Å². The summed E-state index contributed by atoms with van der Waals surface area (Å²) in [5.41, 5.74) is 7.47. The molecular formula is C40H26N4S. The molecule has 0 fully saturated rings. The molecule has 9 aromatic rings. The van der Waals surface area contributed by atoms with Crippen LogP contribution in [0.1, 0.15) is 5.56 Å². The molecule has 212 valence electrons. The zero-order valence-corrected chi connectivity index (χ0v) is 25.3. The van der Waals surface area contributed by atoms with Crippen molar-refractivity contribution in [3.63, 3.8) is 0 Å². The number of para-hydroxylation sites is 1. The lowest BCUT2D eigenvalue weighted by molar-refractivity contribution is 1.07. The van der Waals surface area contributed by atoms with Crippen molar-refractivity contribution in [2.24, 2.45) is 0 Å². The lowest BCUT2D eigenvalue weighted by Gasteiger charge is -2.13. The van der Waals surface area contributed by atoms with Gasteiger partial charge in [0.25, 0.3) is 0 Å². The highest BCUT2D eigenvalue weighted by atomic mass is 32.1. The van der Waals surface area contributed by atoms with Gasteiger partial charge in [-0.25, -0.2) is 15.0 Å². The van der Waals surface area contributed by atoms with Gasteiger partial charge >= 0.3 is 0 Å². The summed E-state index contributed by atoms with van der Waals surface area (Å²) in [6, 6.07) is 48.9. The van der Waals surface area contributed by atoms with Crippen molar-refractivity contribution in [2.45, 2.75) is 6.92 Å². The quantitative estimate of drug-likeness (QED) is 0.204. The van der Waals surface area contributed by atoms with Gasteiger partial charge in [0.15, 0.2) is 17.5 Å². The smallest absolute Gasteiger partial charge is 0.164 e. The summed E-state index contributed by atoms with van der Waals surface area (Å²) in [6.45, 7) is 2.14. The van der Waals surface area contributed by atoms with Gasteiger partial charge in [-0.05, 0) is 48.9 Å². The lowest BCUT2D eigenvalue weighted by atomic mass is 10.1. The minimum absolute atomic E-state index is 0.653. The Hall–Kier alpha value is -5.65. The van der Waals surface area contributed by atoms with E-state index in [1.807, 2.05) is 72.0 Å². The molecular weight excluding hydrogens is 569 g/mol. The number of rotatable bonds is 4. The SMILES string of the molecule is Cc1cc(-c2nc(-c3ccccc3)nc(-c3ccccc3)n2)cc(-n2c3ccccc3c3c4sc5ccccc5c4ccc32)c1. The molecule has 0 unspecified atom stereocenters. The largest absolute Gasteiger partial charge is 0.309 e. The van der Waals surface area contributed by atoms with Crippen LogP contribution in [-0.4, -0.2) is 19.5 Å². The molecule has 45 heavy (non-hydrogen) atoms. The van der Waals surface area contributed by atoms with Crippen LogP contribution in [0.15, 0.2) is 140 Å². The first-order valence-electron chi connectivity index (χ1n) is 15.0. The van der Waals surface area contributed by atoms with Crippen LogP contribution in [0, 0.1) is 6.92 Å². The fourth-order valence-electron chi connectivity index (χ4n) is 6.47. The van der Waals surface area contributed by atoms with E-state index in [2.05, 4.69) is 90.4 Å². The standard InChI is InChI=1S/C40H26N4S/c1-25-22-28(40-42-38(26-12-4-2-5-13-26)41-39(43-40)27-14-6-3-7-15-27)24-29(23-25)44-33-18-10-8-17-32(33)36-34(44)21-20-31-30-16-9-11-19-35(30)45-37(31)36/h2-24H,1H3. The molecule has 0 bridgehead atoms. The second kappa shape index (κ2) is 10.2. The van der Waals surface area contributed by atoms with Crippen LogP contribution in [0.2, 0.25) is 0 Å². The molecule has 0 aliphatic heterocycles. The molecule has 4 nitrogen and oxygen atoms in total. The molecule has 0 aliphatic carbocycles. The number of hydrogen-bond donors (Lipinski definition) is 0. The van der Waals surface area contributed by atoms with Crippen molar-refractivity contribution in [1.82, 2.24) is 19.5 Å². The third-order valence-electron chi connectivity index (χ3n) is 8.46. The molecule has 0 amide bonds. The van der Waals surface area contributed by atoms with E-state index in [0.29, 0.717) is 17.5 Å². The Labute approximate surface area is 263 Å². The Bertz CT molecular complexity index is 2490. The first kappa shape index (κ1) is 25.8. The van der Waals surface area contributed by atoms with Crippen molar-refractivity contribution in [1.29, 1.82) is 0 Å². The Morgan fingerprint density at radius 3 is 1.80 bits per heavy atom. The van der Waals surface area contributed by atoms with Crippen LogP contribution in [0.25, 0.3) is 81.8 Å². The lowest BCUT2D eigenvalue weighted by Crippen LogP contribution is -2.01. The maximum atomic E-state index is 5.02. The van der Waals surface area contributed by atoms with Gasteiger partial charge in [0, 0.05) is 53.3 Å². The predicted molar refractivity (Wildman–Crippen MR) is 188 cm³/mol.